The van der Waals surface area contributed by atoms with E-state index >= 15 is 0 Å². The Kier molecular flexibility index (Phi) is 4.25. The van der Waals surface area contributed by atoms with Gasteiger partial charge in [-0.15, -0.1) is 0 Å². The second-order valence-corrected chi connectivity index (χ2v) is 5.16. The molecule has 0 spiro atoms. The maximum absolute atomic E-state index is 11.2. The largest absolute Gasteiger partial charge is 0.273 e. The summed E-state index contributed by atoms with van der Waals surface area (Å²) >= 11 is 1.64. The summed E-state index contributed by atoms with van der Waals surface area (Å²) in [4.78, 5) is 15.4. The summed E-state index contributed by atoms with van der Waals surface area (Å²) in [5.74, 6) is 0.923. The van der Waals surface area contributed by atoms with Gasteiger partial charge in [0.15, 0.2) is 5.17 Å². The fourth-order valence-corrected chi connectivity index (χ4v) is 2.62. The highest BCUT2D eigenvalue weighted by Gasteiger charge is 2.21. The lowest BCUT2D eigenvalue weighted by Gasteiger charge is -2.18. The minimum Gasteiger partial charge on any atom is -0.273 e. The van der Waals surface area contributed by atoms with Crippen molar-refractivity contribution in [3.63, 3.8) is 0 Å². The van der Waals surface area contributed by atoms with Gasteiger partial charge >= 0.3 is 0 Å². The van der Waals surface area contributed by atoms with Crippen LogP contribution < -0.4 is 5.43 Å². The molecule has 1 fully saturated rings. The highest BCUT2D eigenvalue weighted by atomic mass is 32.2. The Hall–Kier alpha value is -1.49. The Labute approximate surface area is 111 Å². The van der Waals surface area contributed by atoms with Gasteiger partial charge in [0.05, 0.1) is 6.54 Å². The molecule has 1 amide bonds. The number of nitrogens with one attached hydrogen (secondary N) is 1. The van der Waals surface area contributed by atoms with E-state index in [2.05, 4.69) is 41.6 Å². The van der Waals surface area contributed by atoms with Gasteiger partial charge in [-0.05, 0) is 12.5 Å². The van der Waals surface area contributed by atoms with Crippen LogP contribution in [-0.2, 0) is 10.5 Å². The first-order chi connectivity index (χ1) is 8.69. The predicted octanol–water partition coefficient (Wildman–Crippen LogP) is 1.95. The molecular formula is C13H17N3OS. The van der Waals surface area contributed by atoms with Crippen molar-refractivity contribution in [2.45, 2.75) is 19.1 Å². The highest BCUT2D eigenvalue weighted by molar-refractivity contribution is 8.13. The van der Waals surface area contributed by atoms with Crippen LogP contribution >= 0.6 is 11.8 Å². The van der Waals surface area contributed by atoms with Crippen LogP contribution in [0.25, 0.3) is 0 Å². The number of hydrogen-bond donors (Lipinski definition) is 1. The molecule has 0 bridgehead atoms. The number of thioether (sulfide) groups is 1. The van der Waals surface area contributed by atoms with Crippen LogP contribution in [0.2, 0.25) is 0 Å². The zero-order chi connectivity index (χ0) is 13.0. The number of aliphatic imine (C=N–C) groups is 1. The molecule has 1 saturated heterocycles. The van der Waals surface area contributed by atoms with Crippen molar-refractivity contribution in [2.75, 3.05) is 13.6 Å². The minimum absolute atomic E-state index is 0.0621. The summed E-state index contributed by atoms with van der Waals surface area (Å²) in [6, 6.07) is 8.46. The second kappa shape index (κ2) is 5.91. The monoisotopic (exact) mass is 263 g/mol. The van der Waals surface area contributed by atoms with Crippen LogP contribution in [0.3, 0.4) is 0 Å². The molecule has 2 rings (SSSR count). The quantitative estimate of drug-likeness (QED) is 0.655. The summed E-state index contributed by atoms with van der Waals surface area (Å²) in [7, 11) is 1.75. The van der Waals surface area contributed by atoms with Gasteiger partial charge in [0.1, 0.15) is 0 Å². The molecule has 0 radical (unpaired) electrons. The molecule has 0 aromatic heterocycles. The number of carbonyl (C=O) groups is 1. The Morgan fingerprint density at radius 2 is 2.17 bits per heavy atom. The van der Waals surface area contributed by atoms with E-state index in [4.69, 9.17) is 0 Å². The molecule has 1 aliphatic heterocycles. The van der Waals surface area contributed by atoms with Crippen LogP contribution in [0.1, 0.15) is 17.5 Å². The van der Waals surface area contributed by atoms with Crippen molar-refractivity contribution in [3.05, 3.63) is 35.4 Å². The zero-order valence-corrected chi connectivity index (χ0v) is 11.5. The number of nitrogens with zero attached hydrogens (tertiary/aromatic N) is 2. The lowest BCUT2D eigenvalue weighted by Crippen LogP contribution is -2.37. The van der Waals surface area contributed by atoms with Crippen molar-refractivity contribution in [1.29, 1.82) is 0 Å². The molecular weight excluding hydrogens is 246 g/mol. The number of hydrazine groups is 1. The molecule has 5 heteroatoms. The van der Waals surface area contributed by atoms with Gasteiger partial charge in [-0.25, -0.2) is 0 Å². The molecule has 0 saturated carbocycles. The van der Waals surface area contributed by atoms with Gasteiger partial charge in [-0.3, -0.25) is 20.2 Å². The third kappa shape index (κ3) is 3.26. The molecule has 96 valence electrons. The maximum atomic E-state index is 11.2. The summed E-state index contributed by atoms with van der Waals surface area (Å²) < 4.78 is 0. The van der Waals surface area contributed by atoms with Crippen molar-refractivity contribution in [1.82, 2.24) is 10.4 Å². The van der Waals surface area contributed by atoms with E-state index in [1.807, 2.05) is 5.01 Å². The fraction of sp³-hybridized carbons (Fsp3) is 0.385. The number of rotatable bonds is 2. The smallest absolute Gasteiger partial charge is 0.240 e. The number of amides is 1. The van der Waals surface area contributed by atoms with E-state index in [0.717, 1.165) is 10.9 Å². The van der Waals surface area contributed by atoms with Gasteiger partial charge in [0, 0.05) is 19.2 Å². The minimum atomic E-state index is 0.0621. The Bertz CT molecular complexity index is 456. The first kappa shape index (κ1) is 13.0. The van der Waals surface area contributed by atoms with Crippen molar-refractivity contribution in [3.8, 4) is 0 Å². The predicted molar refractivity (Wildman–Crippen MR) is 75.3 cm³/mol. The number of hydrogen-bond acceptors (Lipinski definition) is 3. The standard InChI is InChI=1S/C13H17N3OS/c1-10-3-5-11(6-4-10)9-18-13(14-2)16-8-7-12(17)15-16/h3-6H,7-9H2,1-2H3,(H,15,17). The van der Waals surface area contributed by atoms with Gasteiger partial charge in [0.25, 0.3) is 0 Å². The lowest BCUT2D eigenvalue weighted by atomic mass is 10.2. The number of carbonyl (C=O) groups excluding carboxylic acids is 1. The summed E-state index contributed by atoms with van der Waals surface area (Å²) in [5.41, 5.74) is 5.32. The van der Waals surface area contributed by atoms with Crippen LogP contribution in [-0.4, -0.2) is 29.7 Å². The van der Waals surface area contributed by atoms with Gasteiger partial charge < -0.3 is 0 Å². The summed E-state index contributed by atoms with van der Waals surface area (Å²) in [6.07, 6.45) is 0.546. The molecule has 1 aliphatic rings. The topological polar surface area (TPSA) is 44.7 Å². The first-order valence-electron chi connectivity index (χ1n) is 5.91. The number of benzene rings is 1. The zero-order valence-electron chi connectivity index (χ0n) is 10.6. The normalized spacial score (nSPS) is 16.0. The van der Waals surface area contributed by atoms with Crippen LogP contribution in [0.15, 0.2) is 29.3 Å². The van der Waals surface area contributed by atoms with Crippen molar-refractivity contribution in [2.24, 2.45) is 4.99 Å². The number of amidine groups is 1. The van der Waals surface area contributed by atoms with Gasteiger partial charge in [-0.2, -0.15) is 0 Å². The second-order valence-electron chi connectivity index (χ2n) is 4.22. The molecule has 0 unspecified atom stereocenters. The lowest BCUT2D eigenvalue weighted by molar-refractivity contribution is -0.120. The maximum Gasteiger partial charge on any atom is 0.240 e. The van der Waals surface area contributed by atoms with E-state index in [1.165, 1.54) is 11.1 Å². The molecule has 1 heterocycles. The third-order valence-electron chi connectivity index (χ3n) is 2.73. The van der Waals surface area contributed by atoms with E-state index in [-0.39, 0.29) is 5.91 Å². The number of aryl methyl sites for hydroxylation is 1. The third-order valence-corrected chi connectivity index (χ3v) is 3.87. The highest BCUT2D eigenvalue weighted by Crippen LogP contribution is 2.17. The first-order valence-corrected chi connectivity index (χ1v) is 6.90. The summed E-state index contributed by atoms with van der Waals surface area (Å²) in [6.45, 7) is 2.78. The molecule has 1 aromatic carbocycles. The van der Waals surface area contributed by atoms with Gasteiger partial charge in [-0.1, -0.05) is 41.6 Å². The molecule has 0 aliphatic carbocycles. The van der Waals surface area contributed by atoms with E-state index in [0.29, 0.717) is 13.0 Å². The van der Waals surface area contributed by atoms with Crippen molar-refractivity contribution < 1.29 is 4.79 Å². The van der Waals surface area contributed by atoms with Crippen LogP contribution in [0, 0.1) is 6.92 Å². The van der Waals surface area contributed by atoms with Gasteiger partial charge in [0.2, 0.25) is 5.91 Å². The average Bonchev–Trinajstić information content (AvgIpc) is 2.79. The summed E-state index contributed by atoms with van der Waals surface area (Å²) in [5, 5.41) is 2.68. The molecule has 18 heavy (non-hydrogen) atoms. The van der Waals surface area contributed by atoms with Crippen molar-refractivity contribution >= 4 is 22.8 Å². The molecule has 1 N–H and O–H groups in total. The average molecular weight is 263 g/mol. The van der Waals surface area contributed by atoms with E-state index in [1.54, 1.807) is 18.8 Å². The Balaban J connectivity index is 1.91. The van der Waals surface area contributed by atoms with Crippen LogP contribution in [0.4, 0.5) is 0 Å². The van der Waals surface area contributed by atoms with E-state index in [9.17, 15) is 4.79 Å². The Morgan fingerprint density at radius 3 is 2.72 bits per heavy atom. The SMILES string of the molecule is CN=C(SCc1ccc(C)cc1)N1CCC(=O)N1. The molecule has 0 atom stereocenters. The molecule has 4 nitrogen and oxygen atoms in total. The van der Waals surface area contributed by atoms with Crippen LogP contribution in [0.5, 0.6) is 0 Å². The molecule has 1 aromatic rings. The Morgan fingerprint density at radius 1 is 1.44 bits per heavy atom. The fourth-order valence-electron chi connectivity index (χ4n) is 1.71. The van der Waals surface area contributed by atoms with E-state index < -0.39 is 0 Å².